The molecule has 1 atom stereocenters. The van der Waals surface area contributed by atoms with Gasteiger partial charge in [0.2, 0.25) is 0 Å². The first-order valence-electron chi connectivity index (χ1n) is 8.08. The first-order valence-corrected chi connectivity index (χ1v) is 8.08. The molecule has 4 fully saturated rings. The average molecular weight is 265 g/mol. The molecular weight excluding hydrogens is 238 g/mol. The minimum atomic E-state index is -0.630. The van der Waals surface area contributed by atoms with E-state index in [9.17, 15) is 4.79 Å². The Labute approximate surface area is 116 Å². The van der Waals surface area contributed by atoms with Crippen LogP contribution in [0.1, 0.15) is 58.3 Å². The zero-order valence-electron chi connectivity index (χ0n) is 12.0. The van der Waals surface area contributed by atoms with Crippen molar-refractivity contribution in [2.24, 2.45) is 23.7 Å². The lowest BCUT2D eigenvalue weighted by atomic mass is 9.53. The van der Waals surface area contributed by atoms with Crippen LogP contribution in [0.25, 0.3) is 0 Å². The summed E-state index contributed by atoms with van der Waals surface area (Å²) >= 11 is 0. The predicted octanol–water partition coefficient (Wildman–Crippen LogP) is 3.05. The van der Waals surface area contributed by atoms with Crippen LogP contribution >= 0.6 is 0 Å². The molecule has 0 saturated heterocycles. The highest BCUT2D eigenvalue weighted by Gasteiger charge is 2.50. The van der Waals surface area contributed by atoms with Crippen molar-refractivity contribution in [3.63, 3.8) is 0 Å². The number of hydrogen-bond acceptors (Lipinski definition) is 2. The van der Waals surface area contributed by atoms with Gasteiger partial charge in [0.1, 0.15) is 0 Å². The van der Waals surface area contributed by atoms with Gasteiger partial charge in [-0.15, -0.1) is 0 Å². The fraction of sp³-hybridized carbons (Fsp3) is 0.938. The van der Waals surface area contributed by atoms with Crippen LogP contribution in [0.5, 0.6) is 0 Å². The summed E-state index contributed by atoms with van der Waals surface area (Å²) < 4.78 is 0. The van der Waals surface area contributed by atoms with Crippen molar-refractivity contribution < 1.29 is 9.90 Å². The average Bonchev–Trinajstić information content (AvgIpc) is 2.32. The Morgan fingerprint density at radius 2 is 1.74 bits per heavy atom. The van der Waals surface area contributed by atoms with Crippen LogP contribution in [0, 0.1) is 23.7 Å². The molecule has 4 aliphatic carbocycles. The molecule has 0 aromatic heterocycles. The SMILES string of the molecule is CCC(CCNC12CC3CC(CC(C3)C1)C2)C(=O)O. The third-order valence-corrected chi connectivity index (χ3v) is 5.87. The smallest absolute Gasteiger partial charge is 0.306 e. The maximum Gasteiger partial charge on any atom is 0.306 e. The third-order valence-electron chi connectivity index (χ3n) is 5.87. The predicted molar refractivity (Wildman–Crippen MR) is 74.9 cm³/mol. The van der Waals surface area contributed by atoms with E-state index in [0.717, 1.165) is 37.1 Å². The lowest BCUT2D eigenvalue weighted by Crippen LogP contribution is -2.58. The van der Waals surface area contributed by atoms with Gasteiger partial charge < -0.3 is 10.4 Å². The van der Waals surface area contributed by atoms with Gasteiger partial charge in [0.05, 0.1) is 5.92 Å². The summed E-state index contributed by atoms with van der Waals surface area (Å²) in [6.07, 6.45) is 9.98. The summed E-state index contributed by atoms with van der Waals surface area (Å²) in [7, 11) is 0. The second kappa shape index (κ2) is 5.08. The Morgan fingerprint density at radius 3 is 2.16 bits per heavy atom. The molecule has 108 valence electrons. The molecule has 4 aliphatic rings. The fourth-order valence-electron chi connectivity index (χ4n) is 5.34. The van der Waals surface area contributed by atoms with Gasteiger partial charge in [0.15, 0.2) is 0 Å². The Balaban J connectivity index is 1.54. The standard InChI is InChI=1S/C16H27NO2/c1-2-14(15(18)19)3-4-17-16-8-11-5-12(9-16)7-13(6-11)10-16/h11-14,17H,2-10H2,1H3,(H,18,19). The number of hydrogen-bond donors (Lipinski definition) is 2. The quantitative estimate of drug-likeness (QED) is 0.776. The maximum absolute atomic E-state index is 11.1. The van der Waals surface area contributed by atoms with E-state index in [1.165, 1.54) is 38.5 Å². The first-order chi connectivity index (χ1) is 9.10. The van der Waals surface area contributed by atoms with Crippen molar-refractivity contribution in [2.45, 2.75) is 63.8 Å². The molecule has 4 rings (SSSR count). The van der Waals surface area contributed by atoms with E-state index in [1.807, 2.05) is 6.92 Å². The lowest BCUT2D eigenvalue weighted by Gasteiger charge is -2.57. The van der Waals surface area contributed by atoms with E-state index < -0.39 is 5.97 Å². The zero-order chi connectivity index (χ0) is 13.5. The van der Waals surface area contributed by atoms with E-state index in [0.29, 0.717) is 5.54 Å². The van der Waals surface area contributed by atoms with E-state index in [1.54, 1.807) is 0 Å². The topological polar surface area (TPSA) is 49.3 Å². The number of aliphatic carboxylic acids is 1. The van der Waals surface area contributed by atoms with Crippen molar-refractivity contribution in [1.82, 2.24) is 5.32 Å². The van der Waals surface area contributed by atoms with Crippen LogP contribution in [0.2, 0.25) is 0 Å². The monoisotopic (exact) mass is 265 g/mol. The number of carbonyl (C=O) groups is 1. The number of carboxylic acids is 1. The van der Waals surface area contributed by atoms with Gasteiger partial charge in [-0.2, -0.15) is 0 Å². The molecular formula is C16H27NO2. The Hall–Kier alpha value is -0.570. The summed E-state index contributed by atoms with van der Waals surface area (Å²) in [5, 5.41) is 12.9. The number of rotatable bonds is 6. The second-order valence-corrected chi connectivity index (χ2v) is 7.36. The molecule has 4 bridgehead atoms. The van der Waals surface area contributed by atoms with Gasteiger partial charge in [0, 0.05) is 5.54 Å². The van der Waals surface area contributed by atoms with E-state index in [4.69, 9.17) is 5.11 Å². The molecule has 0 aromatic carbocycles. The van der Waals surface area contributed by atoms with Crippen LogP contribution in [-0.4, -0.2) is 23.2 Å². The highest BCUT2D eigenvalue weighted by Crippen LogP contribution is 2.55. The molecule has 19 heavy (non-hydrogen) atoms. The Kier molecular flexibility index (Phi) is 3.59. The van der Waals surface area contributed by atoms with Gasteiger partial charge >= 0.3 is 5.97 Å². The van der Waals surface area contributed by atoms with E-state index >= 15 is 0 Å². The first kappa shape index (κ1) is 13.4. The van der Waals surface area contributed by atoms with Crippen molar-refractivity contribution in [3.05, 3.63) is 0 Å². The van der Waals surface area contributed by atoms with E-state index in [2.05, 4.69) is 5.32 Å². The zero-order valence-corrected chi connectivity index (χ0v) is 12.0. The molecule has 1 unspecified atom stereocenters. The summed E-state index contributed by atoms with van der Waals surface area (Å²) in [4.78, 5) is 11.1. The minimum absolute atomic E-state index is 0.165. The van der Waals surface area contributed by atoms with Gasteiger partial charge in [0.25, 0.3) is 0 Å². The molecule has 3 heteroatoms. The molecule has 3 nitrogen and oxygen atoms in total. The lowest BCUT2D eigenvalue weighted by molar-refractivity contribution is -0.142. The van der Waals surface area contributed by atoms with Crippen LogP contribution in [0.4, 0.5) is 0 Å². The minimum Gasteiger partial charge on any atom is -0.481 e. The Morgan fingerprint density at radius 1 is 1.21 bits per heavy atom. The van der Waals surface area contributed by atoms with Crippen molar-refractivity contribution in [3.8, 4) is 0 Å². The van der Waals surface area contributed by atoms with Crippen LogP contribution in [-0.2, 0) is 4.79 Å². The molecule has 4 saturated carbocycles. The summed E-state index contributed by atoms with van der Waals surface area (Å²) in [5.74, 6) is 2.08. The van der Waals surface area contributed by atoms with Gasteiger partial charge in [-0.1, -0.05) is 6.92 Å². The molecule has 0 spiro atoms. The summed E-state index contributed by atoms with van der Waals surface area (Å²) in [6.45, 7) is 2.86. The molecule has 0 radical (unpaired) electrons. The second-order valence-electron chi connectivity index (χ2n) is 7.36. The van der Waals surface area contributed by atoms with Gasteiger partial charge in [-0.25, -0.2) is 0 Å². The third kappa shape index (κ3) is 2.67. The highest BCUT2D eigenvalue weighted by atomic mass is 16.4. The highest BCUT2D eigenvalue weighted by molar-refractivity contribution is 5.69. The van der Waals surface area contributed by atoms with Gasteiger partial charge in [-0.05, 0) is 75.7 Å². The van der Waals surface area contributed by atoms with Crippen molar-refractivity contribution in [2.75, 3.05) is 6.54 Å². The van der Waals surface area contributed by atoms with Gasteiger partial charge in [-0.3, -0.25) is 4.79 Å². The Bertz CT molecular complexity index is 317. The van der Waals surface area contributed by atoms with E-state index in [-0.39, 0.29) is 5.92 Å². The van der Waals surface area contributed by atoms with Crippen LogP contribution < -0.4 is 5.32 Å². The van der Waals surface area contributed by atoms with Crippen molar-refractivity contribution in [1.29, 1.82) is 0 Å². The number of carboxylic acid groups (broad SMARTS) is 1. The molecule has 0 heterocycles. The summed E-state index contributed by atoms with van der Waals surface area (Å²) in [6, 6.07) is 0. The maximum atomic E-state index is 11.1. The van der Waals surface area contributed by atoms with Crippen LogP contribution in [0.15, 0.2) is 0 Å². The van der Waals surface area contributed by atoms with Crippen molar-refractivity contribution >= 4 is 5.97 Å². The molecule has 2 N–H and O–H groups in total. The summed E-state index contributed by atoms with van der Waals surface area (Å²) in [5.41, 5.74) is 0.381. The largest absolute Gasteiger partial charge is 0.481 e. The molecule has 0 aliphatic heterocycles. The molecule has 0 amide bonds. The van der Waals surface area contributed by atoms with Crippen LogP contribution in [0.3, 0.4) is 0 Å². The fourth-order valence-corrected chi connectivity index (χ4v) is 5.34. The normalized spacial score (nSPS) is 41.4. The molecule has 0 aromatic rings. The number of nitrogens with one attached hydrogen (secondary N) is 1.